The highest BCUT2D eigenvalue weighted by Gasteiger charge is 2.21. The number of phenolic OH excluding ortho intramolecular Hbond substituents is 1. The summed E-state index contributed by atoms with van der Waals surface area (Å²) < 4.78 is 0. The number of amides is 2. The van der Waals surface area contributed by atoms with Crippen LogP contribution >= 0.6 is 0 Å². The molecule has 1 heterocycles. The summed E-state index contributed by atoms with van der Waals surface area (Å²) in [5, 5.41) is 14.6. The number of carbonyl (C=O) groups is 2. The van der Waals surface area contributed by atoms with Gasteiger partial charge < -0.3 is 15.3 Å². The molecular formula is C18H20N2O3. The fourth-order valence-corrected chi connectivity index (χ4v) is 2.98. The van der Waals surface area contributed by atoms with Crippen LogP contribution < -0.4 is 5.32 Å². The first-order chi connectivity index (χ1) is 11.1. The summed E-state index contributed by atoms with van der Waals surface area (Å²) in [6.45, 7) is 1.33. The van der Waals surface area contributed by atoms with Gasteiger partial charge in [-0.15, -0.1) is 0 Å². The second-order valence-electron chi connectivity index (χ2n) is 5.84. The van der Waals surface area contributed by atoms with Crippen molar-refractivity contribution in [1.29, 1.82) is 0 Å². The van der Waals surface area contributed by atoms with E-state index in [2.05, 4.69) is 5.32 Å². The first-order valence-corrected chi connectivity index (χ1v) is 7.88. The average molecular weight is 312 g/mol. The maximum atomic E-state index is 11.9. The molecule has 23 heavy (non-hydrogen) atoms. The van der Waals surface area contributed by atoms with Gasteiger partial charge in [-0.3, -0.25) is 9.59 Å². The molecule has 1 aliphatic heterocycles. The van der Waals surface area contributed by atoms with E-state index in [1.807, 2.05) is 24.3 Å². The number of carbonyl (C=O) groups excluding carboxylic acids is 2. The summed E-state index contributed by atoms with van der Waals surface area (Å²) in [5.74, 6) is 0.176. The summed E-state index contributed by atoms with van der Waals surface area (Å²) in [6.07, 6.45) is 2.07. The van der Waals surface area contributed by atoms with Crippen molar-refractivity contribution in [3.8, 4) is 5.75 Å². The summed E-state index contributed by atoms with van der Waals surface area (Å²) in [5.41, 5.74) is 1.08. The monoisotopic (exact) mass is 312 g/mol. The van der Waals surface area contributed by atoms with Crippen LogP contribution in [0.1, 0.15) is 18.4 Å². The first kappa shape index (κ1) is 15.3. The van der Waals surface area contributed by atoms with Crippen molar-refractivity contribution in [2.45, 2.75) is 19.3 Å². The van der Waals surface area contributed by atoms with Crippen molar-refractivity contribution >= 4 is 22.6 Å². The Kier molecular flexibility index (Phi) is 4.46. The molecule has 5 nitrogen and oxygen atoms in total. The number of hydrogen-bond acceptors (Lipinski definition) is 3. The van der Waals surface area contributed by atoms with Crippen molar-refractivity contribution in [3.63, 3.8) is 0 Å². The second kappa shape index (κ2) is 6.69. The van der Waals surface area contributed by atoms with E-state index in [0.717, 1.165) is 22.8 Å². The minimum atomic E-state index is -0.122. The molecule has 2 N–H and O–H groups in total. The summed E-state index contributed by atoms with van der Waals surface area (Å²) in [4.78, 5) is 25.0. The van der Waals surface area contributed by atoms with Crippen LogP contribution in [0.15, 0.2) is 36.4 Å². The standard InChI is InChI=1S/C18H20N2O3/c21-15-7-6-13-3-1-4-14(16(13)11-15)8-9-19-17(22)12-20-10-2-5-18(20)23/h1,3-4,6-7,11,21H,2,5,8-10,12H2,(H,19,22). The molecule has 0 bridgehead atoms. The van der Waals surface area contributed by atoms with Gasteiger partial charge >= 0.3 is 0 Å². The van der Waals surface area contributed by atoms with Crippen molar-refractivity contribution in [3.05, 3.63) is 42.0 Å². The van der Waals surface area contributed by atoms with Crippen LogP contribution in [0.5, 0.6) is 5.75 Å². The number of benzene rings is 2. The van der Waals surface area contributed by atoms with E-state index in [0.29, 0.717) is 25.9 Å². The van der Waals surface area contributed by atoms with Gasteiger partial charge in [-0.2, -0.15) is 0 Å². The smallest absolute Gasteiger partial charge is 0.239 e. The largest absolute Gasteiger partial charge is 0.508 e. The molecule has 2 aromatic rings. The minimum absolute atomic E-state index is 0.0599. The number of fused-ring (bicyclic) bond motifs is 1. The van der Waals surface area contributed by atoms with Crippen LogP contribution in [-0.2, 0) is 16.0 Å². The third kappa shape index (κ3) is 3.62. The maximum Gasteiger partial charge on any atom is 0.239 e. The molecule has 0 saturated carbocycles. The summed E-state index contributed by atoms with van der Waals surface area (Å²) >= 11 is 0. The Morgan fingerprint density at radius 2 is 2.13 bits per heavy atom. The molecule has 0 spiro atoms. The molecule has 0 radical (unpaired) electrons. The van der Waals surface area contributed by atoms with Crippen molar-refractivity contribution in [2.75, 3.05) is 19.6 Å². The van der Waals surface area contributed by atoms with Crippen LogP contribution in [0, 0.1) is 0 Å². The van der Waals surface area contributed by atoms with E-state index in [1.54, 1.807) is 17.0 Å². The Hall–Kier alpha value is -2.56. The van der Waals surface area contributed by atoms with Crippen LogP contribution in [0.25, 0.3) is 10.8 Å². The first-order valence-electron chi connectivity index (χ1n) is 7.88. The number of phenols is 1. The third-order valence-electron chi connectivity index (χ3n) is 4.18. The predicted molar refractivity (Wildman–Crippen MR) is 88.1 cm³/mol. The highest BCUT2D eigenvalue weighted by Crippen LogP contribution is 2.23. The Morgan fingerprint density at radius 1 is 1.26 bits per heavy atom. The Balaban J connectivity index is 1.57. The molecule has 1 fully saturated rings. The van der Waals surface area contributed by atoms with Gasteiger partial charge in [-0.25, -0.2) is 0 Å². The number of hydrogen-bond donors (Lipinski definition) is 2. The number of likely N-dealkylation sites (tertiary alicyclic amines) is 1. The quantitative estimate of drug-likeness (QED) is 0.885. The molecule has 5 heteroatoms. The molecule has 0 atom stereocenters. The van der Waals surface area contributed by atoms with E-state index in [1.165, 1.54) is 0 Å². The molecule has 120 valence electrons. The lowest BCUT2D eigenvalue weighted by Crippen LogP contribution is -2.38. The molecular weight excluding hydrogens is 292 g/mol. The normalized spacial score (nSPS) is 14.4. The van der Waals surface area contributed by atoms with E-state index in [9.17, 15) is 14.7 Å². The highest BCUT2D eigenvalue weighted by atomic mass is 16.3. The molecule has 0 aliphatic carbocycles. The van der Waals surface area contributed by atoms with Gasteiger partial charge in [0, 0.05) is 19.5 Å². The van der Waals surface area contributed by atoms with E-state index < -0.39 is 0 Å². The molecule has 1 saturated heterocycles. The van der Waals surface area contributed by atoms with E-state index in [-0.39, 0.29) is 24.1 Å². The predicted octanol–water partition coefficient (Wildman–Crippen LogP) is 1.83. The van der Waals surface area contributed by atoms with Gasteiger partial charge in [0.1, 0.15) is 5.75 Å². The van der Waals surface area contributed by atoms with E-state index >= 15 is 0 Å². The molecule has 2 aromatic carbocycles. The second-order valence-corrected chi connectivity index (χ2v) is 5.84. The molecule has 0 aromatic heterocycles. The van der Waals surface area contributed by atoms with Crippen LogP contribution in [0.4, 0.5) is 0 Å². The van der Waals surface area contributed by atoms with Crippen LogP contribution in [0.3, 0.4) is 0 Å². The van der Waals surface area contributed by atoms with Crippen molar-refractivity contribution < 1.29 is 14.7 Å². The van der Waals surface area contributed by atoms with Crippen molar-refractivity contribution in [2.24, 2.45) is 0 Å². The highest BCUT2D eigenvalue weighted by molar-refractivity contribution is 5.87. The zero-order valence-electron chi connectivity index (χ0n) is 12.9. The van der Waals surface area contributed by atoms with Crippen molar-refractivity contribution in [1.82, 2.24) is 10.2 Å². The lowest BCUT2D eigenvalue weighted by Gasteiger charge is -2.15. The molecule has 2 amide bonds. The number of aromatic hydroxyl groups is 1. The summed E-state index contributed by atoms with van der Waals surface area (Å²) in [6, 6.07) is 11.3. The van der Waals surface area contributed by atoms with E-state index in [4.69, 9.17) is 0 Å². The zero-order chi connectivity index (χ0) is 16.2. The molecule has 0 unspecified atom stereocenters. The third-order valence-corrected chi connectivity index (χ3v) is 4.18. The van der Waals surface area contributed by atoms with Gasteiger partial charge in [0.15, 0.2) is 0 Å². The lowest BCUT2D eigenvalue weighted by molar-refractivity contribution is -0.133. The van der Waals surface area contributed by atoms with Gasteiger partial charge in [0.05, 0.1) is 6.54 Å². The maximum absolute atomic E-state index is 11.9. The van der Waals surface area contributed by atoms with Gasteiger partial charge in [-0.05, 0) is 41.3 Å². The van der Waals surface area contributed by atoms with Gasteiger partial charge in [0.25, 0.3) is 0 Å². The summed E-state index contributed by atoms with van der Waals surface area (Å²) in [7, 11) is 0. The topological polar surface area (TPSA) is 69.6 Å². The molecule has 3 rings (SSSR count). The fourth-order valence-electron chi connectivity index (χ4n) is 2.98. The Morgan fingerprint density at radius 3 is 2.91 bits per heavy atom. The SMILES string of the molecule is O=C(CN1CCCC1=O)NCCc1cccc2ccc(O)cc12. The van der Waals surface area contributed by atoms with Gasteiger partial charge in [0.2, 0.25) is 11.8 Å². The minimum Gasteiger partial charge on any atom is -0.508 e. The number of nitrogens with zero attached hydrogens (tertiary/aromatic N) is 1. The average Bonchev–Trinajstić information content (AvgIpc) is 2.93. The lowest BCUT2D eigenvalue weighted by atomic mass is 10.0. The zero-order valence-corrected chi connectivity index (χ0v) is 12.9. The van der Waals surface area contributed by atoms with Gasteiger partial charge in [-0.1, -0.05) is 24.3 Å². The Labute approximate surface area is 134 Å². The Bertz CT molecular complexity index is 742. The number of nitrogens with one attached hydrogen (secondary N) is 1. The van der Waals surface area contributed by atoms with Crippen LogP contribution in [0.2, 0.25) is 0 Å². The van der Waals surface area contributed by atoms with Crippen LogP contribution in [-0.4, -0.2) is 41.5 Å². The fraction of sp³-hybridized carbons (Fsp3) is 0.333. The number of rotatable bonds is 5. The molecule has 1 aliphatic rings.